The van der Waals surface area contributed by atoms with Gasteiger partial charge in [0.2, 0.25) is 0 Å². The molecule has 0 radical (unpaired) electrons. The highest BCUT2D eigenvalue weighted by Crippen LogP contribution is 2.38. The number of aromatic hydroxyl groups is 1. The van der Waals surface area contributed by atoms with Crippen LogP contribution in [0.5, 0.6) is 5.75 Å². The molecule has 0 unspecified atom stereocenters. The molecule has 1 N–H and O–H groups in total. The van der Waals surface area contributed by atoms with Crippen LogP contribution in [0.25, 0.3) is 21.5 Å². The summed E-state index contributed by atoms with van der Waals surface area (Å²) in [6.07, 6.45) is 1.65. The standard InChI is InChI=1S/C28H22O/c29-28-25-14-8-7-13-22(25)19-24-16-15-23(17-20-9-3-1-4-10-20)26(27(24)28)18-21-11-5-2-6-12-21/h1-16,19,29H,17-18H2. The van der Waals surface area contributed by atoms with Gasteiger partial charge < -0.3 is 5.11 Å². The van der Waals surface area contributed by atoms with Gasteiger partial charge in [-0.25, -0.2) is 0 Å². The average molecular weight is 374 g/mol. The predicted molar refractivity (Wildman–Crippen MR) is 122 cm³/mol. The molecule has 0 aliphatic rings. The molecule has 0 aliphatic carbocycles. The van der Waals surface area contributed by atoms with Crippen molar-refractivity contribution >= 4 is 21.5 Å². The van der Waals surface area contributed by atoms with E-state index in [2.05, 4.69) is 72.8 Å². The maximum atomic E-state index is 11.3. The van der Waals surface area contributed by atoms with Crippen molar-refractivity contribution in [2.75, 3.05) is 0 Å². The Labute approximate surface area is 170 Å². The van der Waals surface area contributed by atoms with Crippen molar-refractivity contribution in [1.29, 1.82) is 0 Å². The summed E-state index contributed by atoms with van der Waals surface area (Å²) in [6, 6.07) is 35.7. The molecule has 0 heterocycles. The van der Waals surface area contributed by atoms with Crippen LogP contribution in [0, 0.1) is 0 Å². The summed E-state index contributed by atoms with van der Waals surface area (Å²) in [5.74, 6) is 0.388. The Bertz CT molecular complexity index is 1290. The third-order valence-electron chi connectivity index (χ3n) is 5.67. The zero-order valence-electron chi connectivity index (χ0n) is 16.2. The Balaban J connectivity index is 1.76. The Kier molecular flexibility index (Phi) is 4.50. The fourth-order valence-corrected chi connectivity index (χ4v) is 4.23. The van der Waals surface area contributed by atoms with Crippen LogP contribution >= 0.6 is 0 Å². The third kappa shape index (κ3) is 3.36. The van der Waals surface area contributed by atoms with E-state index >= 15 is 0 Å². The molecular weight excluding hydrogens is 352 g/mol. The summed E-state index contributed by atoms with van der Waals surface area (Å²) in [6.45, 7) is 0. The van der Waals surface area contributed by atoms with E-state index in [1.165, 1.54) is 22.3 Å². The molecule has 0 atom stereocenters. The minimum Gasteiger partial charge on any atom is -0.507 e. The van der Waals surface area contributed by atoms with Crippen molar-refractivity contribution < 1.29 is 5.11 Å². The first-order chi connectivity index (χ1) is 14.3. The van der Waals surface area contributed by atoms with E-state index in [0.29, 0.717) is 5.75 Å². The van der Waals surface area contributed by atoms with Gasteiger partial charge in [0.1, 0.15) is 5.75 Å². The van der Waals surface area contributed by atoms with Gasteiger partial charge in [-0.3, -0.25) is 0 Å². The average Bonchev–Trinajstić information content (AvgIpc) is 2.77. The molecule has 29 heavy (non-hydrogen) atoms. The summed E-state index contributed by atoms with van der Waals surface area (Å²) < 4.78 is 0. The molecule has 0 bridgehead atoms. The van der Waals surface area contributed by atoms with E-state index in [4.69, 9.17) is 0 Å². The Morgan fingerprint density at radius 1 is 0.552 bits per heavy atom. The first-order valence-corrected chi connectivity index (χ1v) is 10.0. The maximum absolute atomic E-state index is 11.3. The quantitative estimate of drug-likeness (QED) is 0.340. The van der Waals surface area contributed by atoms with Gasteiger partial charge in [0, 0.05) is 10.8 Å². The SMILES string of the molecule is Oc1c2ccccc2cc2ccc(Cc3ccccc3)c(Cc3ccccc3)c12. The lowest BCUT2D eigenvalue weighted by molar-refractivity contribution is 0.487. The lowest BCUT2D eigenvalue weighted by atomic mass is 9.89. The van der Waals surface area contributed by atoms with E-state index in [1.807, 2.05) is 30.3 Å². The minimum atomic E-state index is 0.388. The highest BCUT2D eigenvalue weighted by Gasteiger charge is 2.15. The largest absolute Gasteiger partial charge is 0.507 e. The normalized spacial score (nSPS) is 11.2. The van der Waals surface area contributed by atoms with Crippen LogP contribution in [-0.4, -0.2) is 5.11 Å². The van der Waals surface area contributed by atoms with Gasteiger partial charge in [-0.2, -0.15) is 0 Å². The number of hydrogen-bond acceptors (Lipinski definition) is 1. The monoisotopic (exact) mass is 374 g/mol. The van der Waals surface area contributed by atoms with Crippen LogP contribution in [0.1, 0.15) is 22.3 Å². The lowest BCUT2D eigenvalue weighted by Crippen LogP contribution is -1.99. The molecule has 0 amide bonds. The highest BCUT2D eigenvalue weighted by atomic mass is 16.3. The molecule has 5 aromatic carbocycles. The molecule has 1 heteroatoms. The molecule has 0 saturated carbocycles. The minimum absolute atomic E-state index is 0.388. The van der Waals surface area contributed by atoms with Gasteiger partial charge in [0.05, 0.1) is 0 Å². The molecule has 5 rings (SSSR count). The lowest BCUT2D eigenvalue weighted by Gasteiger charge is -2.16. The van der Waals surface area contributed by atoms with Crippen LogP contribution in [0.15, 0.2) is 103 Å². The maximum Gasteiger partial charge on any atom is 0.131 e. The van der Waals surface area contributed by atoms with Gasteiger partial charge in [0.15, 0.2) is 0 Å². The highest BCUT2D eigenvalue weighted by molar-refractivity contribution is 6.06. The summed E-state index contributed by atoms with van der Waals surface area (Å²) >= 11 is 0. The number of hydrogen-bond donors (Lipinski definition) is 1. The van der Waals surface area contributed by atoms with Crippen molar-refractivity contribution in [3.63, 3.8) is 0 Å². The summed E-state index contributed by atoms with van der Waals surface area (Å²) in [5, 5.41) is 15.3. The first kappa shape index (κ1) is 17.5. The molecule has 0 saturated heterocycles. The topological polar surface area (TPSA) is 20.2 Å². The van der Waals surface area contributed by atoms with Crippen molar-refractivity contribution in [2.45, 2.75) is 12.8 Å². The van der Waals surface area contributed by atoms with Gasteiger partial charge in [-0.15, -0.1) is 0 Å². The second kappa shape index (κ2) is 7.44. The Morgan fingerprint density at radius 3 is 1.90 bits per heavy atom. The summed E-state index contributed by atoms with van der Waals surface area (Å²) in [5.41, 5.74) is 5.00. The summed E-state index contributed by atoms with van der Waals surface area (Å²) in [4.78, 5) is 0. The molecule has 1 nitrogen and oxygen atoms in total. The van der Waals surface area contributed by atoms with E-state index in [0.717, 1.165) is 34.4 Å². The third-order valence-corrected chi connectivity index (χ3v) is 5.67. The second-order valence-corrected chi connectivity index (χ2v) is 7.57. The number of phenols is 1. The van der Waals surface area contributed by atoms with Crippen molar-refractivity contribution in [1.82, 2.24) is 0 Å². The molecule has 140 valence electrons. The smallest absolute Gasteiger partial charge is 0.131 e. The van der Waals surface area contributed by atoms with E-state index in [9.17, 15) is 5.11 Å². The van der Waals surface area contributed by atoms with Crippen molar-refractivity contribution in [2.24, 2.45) is 0 Å². The zero-order chi connectivity index (χ0) is 19.6. The van der Waals surface area contributed by atoms with Crippen LogP contribution in [-0.2, 0) is 12.8 Å². The summed E-state index contributed by atoms with van der Waals surface area (Å²) in [7, 11) is 0. The number of phenolic OH excluding ortho intramolecular Hbond substituents is 1. The molecular formula is C28H22O. The van der Waals surface area contributed by atoms with Crippen LogP contribution < -0.4 is 0 Å². The van der Waals surface area contributed by atoms with Gasteiger partial charge in [-0.05, 0) is 51.9 Å². The number of benzene rings is 5. The molecule has 0 fully saturated rings. The van der Waals surface area contributed by atoms with Gasteiger partial charge >= 0.3 is 0 Å². The second-order valence-electron chi connectivity index (χ2n) is 7.57. The van der Waals surface area contributed by atoms with Gasteiger partial charge in [0.25, 0.3) is 0 Å². The van der Waals surface area contributed by atoms with Crippen LogP contribution in [0.3, 0.4) is 0 Å². The van der Waals surface area contributed by atoms with E-state index in [1.54, 1.807) is 0 Å². The van der Waals surface area contributed by atoms with Crippen molar-refractivity contribution in [3.05, 3.63) is 125 Å². The van der Waals surface area contributed by atoms with E-state index < -0.39 is 0 Å². The first-order valence-electron chi connectivity index (χ1n) is 10.0. The van der Waals surface area contributed by atoms with Crippen LogP contribution in [0.4, 0.5) is 0 Å². The Morgan fingerprint density at radius 2 is 1.17 bits per heavy atom. The Hall–Kier alpha value is -3.58. The van der Waals surface area contributed by atoms with Gasteiger partial charge in [-0.1, -0.05) is 97.1 Å². The molecule has 0 aromatic heterocycles. The van der Waals surface area contributed by atoms with Crippen molar-refractivity contribution in [3.8, 4) is 5.75 Å². The fraction of sp³-hybridized carbons (Fsp3) is 0.0714. The number of rotatable bonds is 4. The fourth-order valence-electron chi connectivity index (χ4n) is 4.23. The predicted octanol–water partition coefficient (Wildman–Crippen LogP) is 6.88. The molecule has 0 aliphatic heterocycles. The molecule has 0 spiro atoms. The number of fused-ring (bicyclic) bond motifs is 2. The zero-order valence-corrected chi connectivity index (χ0v) is 16.2. The van der Waals surface area contributed by atoms with Crippen LogP contribution in [0.2, 0.25) is 0 Å². The molecule has 5 aromatic rings. The van der Waals surface area contributed by atoms with E-state index in [-0.39, 0.29) is 0 Å².